The molecule has 2 rings (SSSR count). The highest BCUT2D eigenvalue weighted by atomic mass is 79.9. The van der Waals surface area contributed by atoms with Crippen LogP contribution in [0.3, 0.4) is 0 Å². The van der Waals surface area contributed by atoms with Crippen LogP contribution in [0.2, 0.25) is 0 Å². The van der Waals surface area contributed by atoms with Gasteiger partial charge < -0.3 is 0 Å². The first-order chi connectivity index (χ1) is 8.97. The lowest BCUT2D eigenvalue weighted by Gasteiger charge is -2.18. The van der Waals surface area contributed by atoms with Crippen molar-refractivity contribution in [2.75, 3.05) is 0 Å². The van der Waals surface area contributed by atoms with Crippen LogP contribution in [0, 0.1) is 5.92 Å². The van der Waals surface area contributed by atoms with Crippen LogP contribution in [-0.4, -0.2) is 14.1 Å². The van der Waals surface area contributed by atoms with Gasteiger partial charge in [0.1, 0.15) is 0 Å². The van der Waals surface area contributed by atoms with E-state index < -0.39 is 10.0 Å². The van der Waals surface area contributed by atoms with Crippen molar-refractivity contribution in [1.29, 1.82) is 0 Å². The zero-order valence-corrected chi connectivity index (χ0v) is 13.2. The molecule has 0 aliphatic heterocycles. The Hall–Kier alpha value is -0.880. The molecule has 1 aromatic carbocycles. The largest absolute Gasteiger partial charge is 0.276 e. The first-order valence-electron chi connectivity index (χ1n) is 6.30. The van der Waals surface area contributed by atoms with E-state index in [0.29, 0.717) is 5.92 Å². The van der Waals surface area contributed by atoms with Crippen molar-refractivity contribution in [3.63, 3.8) is 0 Å². The van der Waals surface area contributed by atoms with E-state index in [0.717, 1.165) is 35.9 Å². The second kappa shape index (κ2) is 6.05. The fourth-order valence-electron chi connectivity index (χ4n) is 2.00. The van der Waals surface area contributed by atoms with E-state index in [2.05, 4.69) is 32.8 Å². The molecule has 0 heterocycles. The number of sulfonamides is 1. The summed E-state index contributed by atoms with van der Waals surface area (Å²) >= 11 is 3.28. The molecule has 1 aromatic rings. The Morgan fingerprint density at radius 2 is 1.79 bits per heavy atom. The van der Waals surface area contributed by atoms with Crippen molar-refractivity contribution in [1.82, 2.24) is 4.83 Å². The van der Waals surface area contributed by atoms with Crippen LogP contribution in [0.1, 0.15) is 32.6 Å². The van der Waals surface area contributed by atoms with Crippen LogP contribution >= 0.6 is 15.9 Å². The fraction of sp³-hybridized carbons (Fsp3) is 0.462. The van der Waals surface area contributed by atoms with Gasteiger partial charge in [-0.25, -0.2) is 4.83 Å². The molecule has 0 spiro atoms. The third-order valence-electron chi connectivity index (χ3n) is 3.30. The summed E-state index contributed by atoms with van der Waals surface area (Å²) < 4.78 is 24.9. The molecular weight excluding hydrogens is 328 g/mol. The molecule has 0 aromatic heterocycles. The first-order valence-corrected chi connectivity index (χ1v) is 8.58. The van der Waals surface area contributed by atoms with Crippen LogP contribution in [0.15, 0.2) is 38.7 Å². The molecule has 0 radical (unpaired) electrons. The number of nitrogens with zero attached hydrogens (tertiary/aromatic N) is 1. The van der Waals surface area contributed by atoms with Gasteiger partial charge in [-0.2, -0.15) is 13.5 Å². The molecule has 4 nitrogen and oxygen atoms in total. The molecule has 1 fully saturated rings. The molecular formula is C13H17BrN2O2S. The lowest BCUT2D eigenvalue weighted by Crippen LogP contribution is -2.22. The average molecular weight is 345 g/mol. The van der Waals surface area contributed by atoms with Crippen molar-refractivity contribution < 1.29 is 8.42 Å². The molecule has 0 atom stereocenters. The third kappa shape index (κ3) is 4.04. The number of hydrogen-bond acceptors (Lipinski definition) is 3. The van der Waals surface area contributed by atoms with Gasteiger partial charge in [-0.1, -0.05) is 22.9 Å². The molecule has 0 unspecified atom stereocenters. The summed E-state index contributed by atoms with van der Waals surface area (Å²) in [6.07, 6.45) is 3.92. The van der Waals surface area contributed by atoms with Crippen LogP contribution in [0.5, 0.6) is 0 Å². The molecule has 6 heteroatoms. The van der Waals surface area contributed by atoms with E-state index in [9.17, 15) is 8.42 Å². The van der Waals surface area contributed by atoms with E-state index in [-0.39, 0.29) is 4.90 Å². The molecule has 104 valence electrons. The predicted octanol–water partition coefficient (Wildman–Crippen LogP) is 3.29. The van der Waals surface area contributed by atoms with Gasteiger partial charge in [0.05, 0.1) is 4.90 Å². The Morgan fingerprint density at radius 1 is 1.21 bits per heavy atom. The normalized spacial score (nSPS) is 20.1. The molecule has 1 aliphatic rings. The third-order valence-corrected chi connectivity index (χ3v) is 5.05. The number of halogens is 1. The quantitative estimate of drug-likeness (QED) is 0.855. The van der Waals surface area contributed by atoms with E-state index in [1.54, 1.807) is 24.3 Å². The lowest BCUT2D eigenvalue weighted by atomic mass is 9.90. The minimum absolute atomic E-state index is 0.226. The predicted molar refractivity (Wildman–Crippen MR) is 79.5 cm³/mol. The molecule has 1 N–H and O–H groups in total. The smallest absolute Gasteiger partial charge is 0.200 e. The van der Waals surface area contributed by atoms with Gasteiger partial charge in [0.25, 0.3) is 10.0 Å². The minimum atomic E-state index is -3.55. The van der Waals surface area contributed by atoms with Gasteiger partial charge >= 0.3 is 0 Å². The second-order valence-corrected chi connectivity index (χ2v) is 7.49. The summed E-state index contributed by atoms with van der Waals surface area (Å²) in [5.41, 5.74) is 0.943. The Morgan fingerprint density at radius 3 is 2.37 bits per heavy atom. The molecule has 0 amide bonds. The Kier molecular flexibility index (Phi) is 4.62. The maximum Gasteiger partial charge on any atom is 0.276 e. The Bertz CT molecular complexity index is 557. The first kappa shape index (κ1) is 14.5. The van der Waals surface area contributed by atoms with Crippen LogP contribution < -0.4 is 4.83 Å². The number of hydrazone groups is 1. The summed E-state index contributed by atoms with van der Waals surface area (Å²) in [7, 11) is -3.55. The van der Waals surface area contributed by atoms with Crippen molar-refractivity contribution >= 4 is 31.7 Å². The lowest BCUT2D eigenvalue weighted by molar-refractivity contribution is 0.482. The molecule has 0 bridgehead atoms. The molecule has 1 saturated carbocycles. The van der Waals surface area contributed by atoms with E-state index in [1.807, 2.05) is 0 Å². The van der Waals surface area contributed by atoms with E-state index in [1.165, 1.54) is 0 Å². The minimum Gasteiger partial charge on any atom is -0.200 e. The standard InChI is InChI=1S/C13H17BrN2O2S/c1-10-2-6-12(7-3-10)15-16-19(17,18)13-8-4-11(14)5-9-13/h4-5,8-10,16H,2-3,6-7H2,1H3. The highest BCUT2D eigenvalue weighted by Gasteiger charge is 2.16. The molecule has 1 aliphatic carbocycles. The van der Waals surface area contributed by atoms with Crippen LogP contribution in [0.25, 0.3) is 0 Å². The monoisotopic (exact) mass is 344 g/mol. The van der Waals surface area contributed by atoms with Crippen LogP contribution in [-0.2, 0) is 10.0 Å². The average Bonchev–Trinajstić information content (AvgIpc) is 2.39. The number of hydrogen-bond donors (Lipinski definition) is 1. The number of rotatable bonds is 3. The Balaban J connectivity index is 2.05. The van der Waals surface area contributed by atoms with E-state index >= 15 is 0 Å². The van der Waals surface area contributed by atoms with Gasteiger partial charge in [-0.05, 0) is 55.9 Å². The zero-order chi connectivity index (χ0) is 13.9. The highest BCUT2D eigenvalue weighted by Crippen LogP contribution is 2.21. The van der Waals surface area contributed by atoms with Crippen LogP contribution in [0.4, 0.5) is 0 Å². The highest BCUT2D eigenvalue weighted by molar-refractivity contribution is 9.10. The Labute approximate surface area is 122 Å². The van der Waals surface area contributed by atoms with Gasteiger partial charge in [0, 0.05) is 10.2 Å². The number of nitrogens with one attached hydrogen (secondary N) is 1. The van der Waals surface area contributed by atoms with Gasteiger partial charge in [-0.15, -0.1) is 0 Å². The van der Waals surface area contributed by atoms with Gasteiger partial charge in [0.2, 0.25) is 0 Å². The summed E-state index contributed by atoms with van der Waals surface area (Å²) in [6, 6.07) is 6.50. The summed E-state index contributed by atoms with van der Waals surface area (Å²) in [6.45, 7) is 2.21. The van der Waals surface area contributed by atoms with Crippen molar-refractivity contribution in [2.45, 2.75) is 37.5 Å². The molecule has 19 heavy (non-hydrogen) atoms. The fourth-order valence-corrected chi connectivity index (χ4v) is 3.11. The summed E-state index contributed by atoms with van der Waals surface area (Å²) in [5.74, 6) is 0.710. The maximum absolute atomic E-state index is 12.0. The van der Waals surface area contributed by atoms with Gasteiger partial charge in [-0.3, -0.25) is 0 Å². The maximum atomic E-state index is 12.0. The van der Waals surface area contributed by atoms with Crippen molar-refractivity contribution in [3.8, 4) is 0 Å². The SMILES string of the molecule is CC1CCC(=NNS(=O)(=O)c2ccc(Br)cc2)CC1. The zero-order valence-electron chi connectivity index (χ0n) is 10.8. The van der Waals surface area contributed by atoms with Crippen molar-refractivity contribution in [2.24, 2.45) is 11.0 Å². The molecule has 0 saturated heterocycles. The number of benzene rings is 1. The summed E-state index contributed by atoms with van der Waals surface area (Å²) in [5, 5.41) is 4.06. The topological polar surface area (TPSA) is 58.5 Å². The van der Waals surface area contributed by atoms with E-state index in [4.69, 9.17) is 0 Å². The second-order valence-electron chi connectivity index (χ2n) is 4.91. The van der Waals surface area contributed by atoms with Gasteiger partial charge in [0.15, 0.2) is 0 Å². The summed E-state index contributed by atoms with van der Waals surface area (Å²) in [4.78, 5) is 2.55. The van der Waals surface area contributed by atoms with Crippen molar-refractivity contribution in [3.05, 3.63) is 28.7 Å².